The monoisotopic (exact) mass is 295 g/mol. The number of hydrogen-bond acceptors (Lipinski definition) is 3. The minimum atomic E-state index is -0.0202. The van der Waals surface area contributed by atoms with E-state index in [0.717, 1.165) is 18.7 Å². The highest BCUT2D eigenvalue weighted by atomic mass is 16.1. The van der Waals surface area contributed by atoms with Gasteiger partial charge in [0, 0.05) is 32.0 Å². The zero-order chi connectivity index (χ0) is 15.4. The lowest BCUT2D eigenvalue weighted by Crippen LogP contribution is -2.29. The Hall–Kier alpha value is -2.36. The number of nitrogens with zero attached hydrogens (tertiary/aromatic N) is 3. The minimum absolute atomic E-state index is 0.0202. The molecule has 0 saturated carbocycles. The van der Waals surface area contributed by atoms with Gasteiger partial charge in [-0.1, -0.05) is 18.2 Å². The summed E-state index contributed by atoms with van der Waals surface area (Å²) in [5.41, 5.74) is 2.93. The highest BCUT2D eigenvalue weighted by molar-refractivity contribution is 6.06. The molecule has 1 fully saturated rings. The van der Waals surface area contributed by atoms with E-state index >= 15 is 0 Å². The Morgan fingerprint density at radius 3 is 2.50 bits per heavy atom. The van der Waals surface area contributed by atoms with Crippen LogP contribution in [0.5, 0.6) is 0 Å². The first-order chi connectivity index (χ1) is 10.7. The van der Waals surface area contributed by atoms with Crippen LogP contribution in [0.4, 0.5) is 5.69 Å². The number of ketones is 1. The van der Waals surface area contributed by atoms with Crippen LogP contribution in [0.1, 0.15) is 35.2 Å². The van der Waals surface area contributed by atoms with Crippen molar-refractivity contribution >= 4 is 17.5 Å². The van der Waals surface area contributed by atoms with Gasteiger partial charge in [0.2, 0.25) is 0 Å². The summed E-state index contributed by atoms with van der Waals surface area (Å²) < 4.78 is 1.63. The van der Waals surface area contributed by atoms with Crippen LogP contribution in [-0.2, 0) is 7.05 Å². The van der Waals surface area contributed by atoms with Crippen molar-refractivity contribution in [3.63, 3.8) is 0 Å². The predicted octanol–water partition coefficient (Wildman–Crippen LogP) is 3.31. The standard InChI is InChI=1S/C18H21N3O/c1-20-14-16(13-19-20)18(22)10-7-15-5-8-17(9-6-15)21-11-3-2-4-12-21/h5-10,13-14H,2-4,11-12H2,1H3. The largest absolute Gasteiger partial charge is 0.372 e. The van der Waals surface area contributed by atoms with Crippen molar-refractivity contribution in [3.8, 4) is 0 Å². The second-order valence-corrected chi connectivity index (χ2v) is 5.74. The Morgan fingerprint density at radius 2 is 1.86 bits per heavy atom. The molecule has 114 valence electrons. The molecular formula is C18H21N3O. The van der Waals surface area contributed by atoms with Crippen molar-refractivity contribution < 1.29 is 4.79 Å². The quantitative estimate of drug-likeness (QED) is 0.641. The van der Waals surface area contributed by atoms with E-state index in [1.54, 1.807) is 30.2 Å². The van der Waals surface area contributed by atoms with Gasteiger partial charge in [0.1, 0.15) is 0 Å². The van der Waals surface area contributed by atoms with Gasteiger partial charge in [0.05, 0.1) is 11.8 Å². The molecule has 22 heavy (non-hydrogen) atoms. The van der Waals surface area contributed by atoms with Crippen LogP contribution in [0.2, 0.25) is 0 Å². The predicted molar refractivity (Wildman–Crippen MR) is 89.1 cm³/mol. The molecule has 0 unspecified atom stereocenters. The number of benzene rings is 1. The maximum absolute atomic E-state index is 12.0. The number of aromatic nitrogens is 2. The lowest BCUT2D eigenvalue weighted by Gasteiger charge is -2.28. The average Bonchev–Trinajstić information content (AvgIpc) is 3.00. The summed E-state index contributed by atoms with van der Waals surface area (Å²) in [5, 5.41) is 4.01. The van der Waals surface area contributed by atoms with Gasteiger partial charge in [-0.15, -0.1) is 0 Å². The fourth-order valence-corrected chi connectivity index (χ4v) is 2.76. The summed E-state index contributed by atoms with van der Waals surface area (Å²) in [5.74, 6) is -0.0202. The molecule has 2 aromatic rings. The van der Waals surface area contributed by atoms with E-state index < -0.39 is 0 Å². The van der Waals surface area contributed by atoms with E-state index in [4.69, 9.17) is 0 Å². The molecule has 1 aromatic carbocycles. The first kappa shape index (κ1) is 14.6. The molecule has 1 aliphatic rings. The van der Waals surface area contributed by atoms with Crippen molar-refractivity contribution in [2.24, 2.45) is 7.05 Å². The average molecular weight is 295 g/mol. The molecule has 1 aromatic heterocycles. The van der Waals surface area contributed by atoms with Crippen LogP contribution < -0.4 is 4.90 Å². The van der Waals surface area contributed by atoms with Crippen molar-refractivity contribution in [1.29, 1.82) is 0 Å². The SMILES string of the molecule is Cn1cc(C(=O)C=Cc2ccc(N3CCCCC3)cc2)cn1. The molecule has 2 heterocycles. The highest BCUT2D eigenvalue weighted by Gasteiger charge is 2.10. The molecule has 0 atom stereocenters. The lowest BCUT2D eigenvalue weighted by atomic mass is 10.1. The van der Waals surface area contributed by atoms with Crippen LogP contribution in [0.25, 0.3) is 6.08 Å². The van der Waals surface area contributed by atoms with Crippen molar-refractivity contribution in [2.75, 3.05) is 18.0 Å². The summed E-state index contributed by atoms with van der Waals surface area (Å²) in [4.78, 5) is 14.4. The van der Waals surface area contributed by atoms with Gasteiger partial charge in [-0.25, -0.2) is 0 Å². The molecule has 0 radical (unpaired) electrons. The Balaban J connectivity index is 1.65. The zero-order valence-corrected chi connectivity index (χ0v) is 12.9. The molecular weight excluding hydrogens is 274 g/mol. The third kappa shape index (κ3) is 3.45. The molecule has 1 saturated heterocycles. The fourth-order valence-electron chi connectivity index (χ4n) is 2.76. The molecule has 4 heteroatoms. The van der Waals surface area contributed by atoms with Gasteiger partial charge in [-0.3, -0.25) is 9.48 Å². The molecule has 1 aliphatic heterocycles. The second-order valence-electron chi connectivity index (χ2n) is 5.74. The molecule has 0 bridgehead atoms. The Bertz CT molecular complexity index is 664. The van der Waals surface area contributed by atoms with Crippen LogP contribution in [-0.4, -0.2) is 28.7 Å². The van der Waals surface area contributed by atoms with Crippen LogP contribution in [0.3, 0.4) is 0 Å². The first-order valence-electron chi connectivity index (χ1n) is 7.78. The maximum Gasteiger partial charge on any atom is 0.189 e. The van der Waals surface area contributed by atoms with E-state index in [-0.39, 0.29) is 5.78 Å². The molecule has 0 aliphatic carbocycles. The van der Waals surface area contributed by atoms with E-state index in [1.807, 2.05) is 6.08 Å². The number of carbonyl (C=O) groups is 1. The third-order valence-electron chi connectivity index (χ3n) is 4.03. The topological polar surface area (TPSA) is 38.1 Å². The number of rotatable bonds is 4. The van der Waals surface area contributed by atoms with Crippen LogP contribution in [0.15, 0.2) is 42.7 Å². The van der Waals surface area contributed by atoms with Gasteiger partial charge in [-0.05, 0) is 43.0 Å². The first-order valence-corrected chi connectivity index (χ1v) is 7.78. The summed E-state index contributed by atoms with van der Waals surface area (Å²) in [7, 11) is 1.81. The maximum atomic E-state index is 12.0. The minimum Gasteiger partial charge on any atom is -0.372 e. The van der Waals surface area contributed by atoms with E-state index in [9.17, 15) is 4.79 Å². The summed E-state index contributed by atoms with van der Waals surface area (Å²) in [6.45, 7) is 2.29. The Kier molecular flexibility index (Phi) is 4.37. The van der Waals surface area contributed by atoms with Gasteiger partial charge < -0.3 is 4.90 Å². The number of aryl methyl sites for hydroxylation is 1. The fraction of sp³-hybridized carbons (Fsp3) is 0.333. The van der Waals surface area contributed by atoms with Gasteiger partial charge >= 0.3 is 0 Å². The van der Waals surface area contributed by atoms with E-state index in [1.165, 1.54) is 24.9 Å². The summed E-state index contributed by atoms with van der Waals surface area (Å²) in [6, 6.07) is 8.41. The lowest BCUT2D eigenvalue weighted by molar-refractivity contribution is 0.104. The van der Waals surface area contributed by atoms with Crippen LogP contribution >= 0.6 is 0 Å². The van der Waals surface area contributed by atoms with Crippen molar-refractivity contribution in [2.45, 2.75) is 19.3 Å². The second kappa shape index (κ2) is 6.60. The molecule has 3 rings (SSSR count). The van der Waals surface area contributed by atoms with Gasteiger partial charge in [0.25, 0.3) is 0 Å². The molecule has 0 N–H and O–H groups in total. The van der Waals surface area contributed by atoms with E-state index in [2.05, 4.69) is 34.3 Å². The Morgan fingerprint density at radius 1 is 1.14 bits per heavy atom. The summed E-state index contributed by atoms with van der Waals surface area (Å²) in [6.07, 6.45) is 10.7. The number of piperidine rings is 1. The molecule has 0 spiro atoms. The normalized spacial score (nSPS) is 15.4. The third-order valence-corrected chi connectivity index (χ3v) is 4.03. The smallest absolute Gasteiger partial charge is 0.189 e. The number of allylic oxidation sites excluding steroid dienone is 1. The van der Waals surface area contributed by atoms with Crippen molar-refractivity contribution in [1.82, 2.24) is 9.78 Å². The molecule has 4 nitrogen and oxygen atoms in total. The number of hydrogen-bond donors (Lipinski definition) is 0. The van der Waals surface area contributed by atoms with Gasteiger partial charge in [0.15, 0.2) is 5.78 Å². The van der Waals surface area contributed by atoms with E-state index in [0.29, 0.717) is 5.56 Å². The summed E-state index contributed by atoms with van der Waals surface area (Å²) >= 11 is 0. The molecule has 0 amide bonds. The van der Waals surface area contributed by atoms with Gasteiger partial charge in [-0.2, -0.15) is 5.10 Å². The number of anilines is 1. The van der Waals surface area contributed by atoms with Crippen LogP contribution in [0, 0.1) is 0 Å². The van der Waals surface area contributed by atoms with Crippen molar-refractivity contribution in [3.05, 3.63) is 53.9 Å². The highest BCUT2D eigenvalue weighted by Crippen LogP contribution is 2.20. The zero-order valence-electron chi connectivity index (χ0n) is 12.9. The number of carbonyl (C=O) groups excluding carboxylic acids is 1. The Labute approximate surface area is 131 Å².